The summed E-state index contributed by atoms with van der Waals surface area (Å²) in [6.07, 6.45) is 6.65. The molecule has 1 heterocycles. The normalized spacial score (nSPS) is 16.5. The van der Waals surface area contributed by atoms with Gasteiger partial charge in [0.1, 0.15) is 0 Å². The molecule has 2 rings (SSSR count). The van der Waals surface area contributed by atoms with Crippen molar-refractivity contribution in [3.63, 3.8) is 0 Å². The van der Waals surface area contributed by atoms with E-state index in [-0.39, 0.29) is 15.8 Å². The van der Waals surface area contributed by atoms with Gasteiger partial charge in [-0.25, -0.2) is 0 Å². The summed E-state index contributed by atoms with van der Waals surface area (Å²) in [6.45, 7) is 0. The van der Waals surface area contributed by atoms with Crippen LogP contribution in [-0.2, 0) is 0 Å². The second kappa shape index (κ2) is 4.79. The third kappa shape index (κ3) is 2.83. The van der Waals surface area contributed by atoms with Crippen LogP contribution in [0.2, 0.25) is 0 Å². The van der Waals surface area contributed by atoms with Crippen LogP contribution in [0.3, 0.4) is 0 Å². The van der Waals surface area contributed by atoms with Crippen LogP contribution in [0.5, 0.6) is 0 Å². The van der Waals surface area contributed by atoms with Gasteiger partial charge >= 0.3 is 91.9 Å². The van der Waals surface area contributed by atoms with E-state index < -0.39 is 0 Å². The average molecular weight is 292 g/mol. The van der Waals surface area contributed by atoms with Crippen LogP contribution in [0.25, 0.3) is 0 Å². The van der Waals surface area contributed by atoms with Gasteiger partial charge in [0.25, 0.3) is 0 Å². The molecule has 1 atom stereocenters. The fourth-order valence-electron chi connectivity index (χ4n) is 1.11. The molecule has 1 aliphatic rings. The van der Waals surface area contributed by atoms with Crippen molar-refractivity contribution < 1.29 is 0 Å². The van der Waals surface area contributed by atoms with Crippen molar-refractivity contribution in [2.75, 3.05) is 0 Å². The van der Waals surface area contributed by atoms with E-state index in [1.807, 2.05) is 0 Å². The molecule has 1 aromatic carbocycles. The Bertz CT molecular complexity index is 361. The molecule has 64 valence electrons. The number of hydrogen-bond acceptors (Lipinski definition) is 0. The van der Waals surface area contributed by atoms with Crippen molar-refractivity contribution in [2.24, 2.45) is 0 Å². The number of benzene rings is 1. The first kappa shape index (κ1) is 9.25. The van der Waals surface area contributed by atoms with E-state index in [1.165, 1.54) is 0 Å². The molecule has 0 fully saturated rings. The Morgan fingerprint density at radius 3 is 2.54 bits per heavy atom. The average Bonchev–Trinajstić information content (AvgIpc) is 2.21. The van der Waals surface area contributed by atoms with Crippen LogP contribution < -0.4 is 4.35 Å². The first-order valence-corrected chi connectivity index (χ1v) is 8.30. The minimum absolute atomic E-state index is 0.0106. The van der Waals surface area contributed by atoms with Gasteiger partial charge in [-0.15, -0.1) is 0 Å². The van der Waals surface area contributed by atoms with Crippen molar-refractivity contribution >= 4 is 38.5 Å². The van der Waals surface area contributed by atoms with Crippen molar-refractivity contribution in [1.29, 1.82) is 0 Å². The summed E-state index contributed by atoms with van der Waals surface area (Å²) in [4.78, 5) is 2.33. The summed E-state index contributed by atoms with van der Waals surface area (Å²) in [7, 11) is 0. The van der Waals surface area contributed by atoms with E-state index in [1.54, 1.807) is 7.44 Å². The van der Waals surface area contributed by atoms with Crippen molar-refractivity contribution in [3.8, 4) is 0 Å². The van der Waals surface area contributed by atoms with Gasteiger partial charge in [0, 0.05) is 0 Å². The fraction of sp³-hybridized carbons (Fsp3) is 0. The predicted octanol–water partition coefficient (Wildman–Crippen LogP) is 0.666. The van der Waals surface area contributed by atoms with Gasteiger partial charge in [0.15, 0.2) is 0 Å². The Labute approximate surface area is 91.6 Å². The SMILES string of the molecule is C1=C[As]=C([AsH]c2ccccc2)C=C1. The van der Waals surface area contributed by atoms with Crippen LogP contribution in [0, 0.1) is 0 Å². The zero-order chi connectivity index (χ0) is 8.93. The van der Waals surface area contributed by atoms with Gasteiger partial charge in [0.2, 0.25) is 0 Å². The molecule has 0 saturated carbocycles. The number of rotatable bonds is 2. The van der Waals surface area contributed by atoms with Gasteiger partial charge < -0.3 is 0 Å². The second-order valence-electron chi connectivity index (χ2n) is 2.71. The van der Waals surface area contributed by atoms with Crippen molar-refractivity contribution in [1.82, 2.24) is 0 Å². The summed E-state index contributed by atoms with van der Waals surface area (Å²) >= 11 is 0.355. The first-order chi connectivity index (χ1) is 6.45. The molecule has 0 bridgehead atoms. The van der Waals surface area contributed by atoms with Crippen LogP contribution in [0.15, 0.2) is 53.4 Å². The Balaban J connectivity index is 2.11. The van der Waals surface area contributed by atoms with Gasteiger partial charge in [-0.2, -0.15) is 0 Å². The summed E-state index contributed by atoms with van der Waals surface area (Å²) in [5.41, 5.74) is 0. The van der Waals surface area contributed by atoms with E-state index in [0.29, 0.717) is 15.3 Å². The molecule has 0 saturated heterocycles. The quantitative estimate of drug-likeness (QED) is 0.703. The van der Waals surface area contributed by atoms with E-state index in [2.05, 4.69) is 53.4 Å². The Morgan fingerprint density at radius 1 is 1.00 bits per heavy atom. The molecule has 0 radical (unpaired) electrons. The summed E-state index contributed by atoms with van der Waals surface area (Å²) in [6, 6.07) is 10.9. The van der Waals surface area contributed by atoms with Crippen molar-refractivity contribution in [3.05, 3.63) is 53.4 Å². The zero-order valence-corrected chi connectivity index (χ0v) is 11.1. The van der Waals surface area contributed by atoms with E-state index in [4.69, 9.17) is 0 Å². The van der Waals surface area contributed by atoms with Crippen LogP contribution in [-0.4, -0.2) is 34.2 Å². The molecule has 1 aromatic rings. The van der Waals surface area contributed by atoms with E-state index in [0.717, 1.165) is 0 Å². The van der Waals surface area contributed by atoms with Crippen LogP contribution in [0.4, 0.5) is 0 Å². The van der Waals surface area contributed by atoms with Gasteiger partial charge in [-0.05, 0) is 0 Å². The van der Waals surface area contributed by atoms with Gasteiger partial charge in [0.05, 0.1) is 0 Å². The summed E-state index contributed by atoms with van der Waals surface area (Å²) in [5, 5.41) is 0. The zero-order valence-electron chi connectivity index (χ0n) is 7.14. The summed E-state index contributed by atoms with van der Waals surface area (Å²) < 4.78 is 3.26. The third-order valence-electron chi connectivity index (χ3n) is 1.71. The maximum atomic E-state index is 2.33. The molecule has 1 aliphatic heterocycles. The van der Waals surface area contributed by atoms with Crippen LogP contribution >= 0.6 is 0 Å². The predicted molar refractivity (Wildman–Crippen MR) is 62.3 cm³/mol. The molecular formula is C11H10As2. The molecule has 0 aromatic heterocycles. The van der Waals surface area contributed by atoms with Crippen molar-refractivity contribution in [2.45, 2.75) is 0 Å². The Hall–Kier alpha value is -0.313. The molecule has 0 spiro atoms. The molecule has 0 N–H and O–H groups in total. The van der Waals surface area contributed by atoms with Gasteiger partial charge in [-0.3, -0.25) is 0 Å². The van der Waals surface area contributed by atoms with Gasteiger partial charge in [-0.1, -0.05) is 0 Å². The first-order valence-electron chi connectivity index (χ1n) is 4.18. The second-order valence-corrected chi connectivity index (χ2v) is 9.66. The standard InChI is InChI=1S/C11H10As2/c1-2-6-10(7-3-1)13-11-8-4-5-9-12-11/h1-9,13H. The molecule has 0 amide bonds. The number of allylic oxidation sites excluding steroid dienone is 3. The van der Waals surface area contributed by atoms with Crippen LogP contribution in [0.1, 0.15) is 0 Å². The number of hydrogen-bond donors (Lipinski definition) is 0. The minimum atomic E-state index is -0.0106. The fourth-order valence-corrected chi connectivity index (χ4v) is 7.00. The Kier molecular flexibility index (Phi) is 3.41. The van der Waals surface area contributed by atoms with E-state index >= 15 is 0 Å². The molecule has 0 aliphatic carbocycles. The monoisotopic (exact) mass is 292 g/mol. The molecule has 2 heteroatoms. The summed E-state index contributed by atoms with van der Waals surface area (Å²) in [5.74, 6) is 0. The maximum absolute atomic E-state index is 2.33. The molecular weight excluding hydrogens is 282 g/mol. The Morgan fingerprint density at radius 2 is 1.85 bits per heavy atom. The van der Waals surface area contributed by atoms with E-state index in [9.17, 15) is 0 Å². The topological polar surface area (TPSA) is 0 Å². The molecule has 13 heavy (non-hydrogen) atoms. The molecule has 1 unspecified atom stereocenters. The molecule has 0 nitrogen and oxygen atoms in total. The third-order valence-corrected chi connectivity index (χ3v) is 8.10.